The molecule has 0 bridgehead atoms. The lowest BCUT2D eigenvalue weighted by Gasteiger charge is -2.23. The first-order valence-electron chi connectivity index (χ1n) is 10.6. The molecule has 4 rings (SSSR count). The quantitative estimate of drug-likeness (QED) is 0.430. The van der Waals surface area contributed by atoms with Crippen LogP contribution in [0.5, 0.6) is 5.75 Å². The van der Waals surface area contributed by atoms with Crippen molar-refractivity contribution in [2.75, 3.05) is 6.61 Å². The molecule has 0 radical (unpaired) electrons. The molecule has 7 nitrogen and oxygen atoms in total. The summed E-state index contributed by atoms with van der Waals surface area (Å²) in [6.07, 6.45) is 5.35. The number of aliphatic hydroxyl groups excluding tert-OH is 1. The van der Waals surface area contributed by atoms with Crippen LogP contribution in [-0.4, -0.2) is 27.7 Å². The Labute approximate surface area is 191 Å². The summed E-state index contributed by atoms with van der Waals surface area (Å²) in [7, 11) is 0. The van der Waals surface area contributed by atoms with Gasteiger partial charge in [-0.05, 0) is 42.3 Å². The van der Waals surface area contributed by atoms with Crippen LogP contribution in [0.25, 0.3) is 10.8 Å². The van der Waals surface area contributed by atoms with Crippen molar-refractivity contribution in [3.05, 3.63) is 100 Å². The summed E-state index contributed by atoms with van der Waals surface area (Å²) in [5, 5.41) is 14.3. The summed E-state index contributed by atoms with van der Waals surface area (Å²) in [4.78, 5) is 24.7. The van der Waals surface area contributed by atoms with Gasteiger partial charge < -0.3 is 24.1 Å². The highest BCUT2D eigenvalue weighted by molar-refractivity contribution is 5.94. The van der Waals surface area contributed by atoms with Gasteiger partial charge in [0.15, 0.2) is 0 Å². The van der Waals surface area contributed by atoms with E-state index in [1.807, 2.05) is 41.2 Å². The Hall–Kier alpha value is -3.84. The summed E-state index contributed by atoms with van der Waals surface area (Å²) in [5.74, 6) is 0.394. The zero-order valence-electron chi connectivity index (χ0n) is 18.6. The van der Waals surface area contributed by atoms with Crippen LogP contribution in [0.4, 0.5) is 0 Å². The van der Waals surface area contributed by atoms with Crippen molar-refractivity contribution in [3.63, 3.8) is 0 Å². The van der Waals surface area contributed by atoms with Gasteiger partial charge in [0.25, 0.3) is 5.91 Å². The summed E-state index contributed by atoms with van der Waals surface area (Å²) in [5.41, 5.74) is 0.320. The van der Waals surface area contributed by atoms with E-state index in [4.69, 9.17) is 9.15 Å². The molecule has 2 aromatic heterocycles. The Kier molecular flexibility index (Phi) is 6.33. The van der Waals surface area contributed by atoms with E-state index in [1.54, 1.807) is 38.1 Å². The first-order chi connectivity index (χ1) is 15.8. The third-order valence-electron chi connectivity index (χ3n) is 5.25. The van der Waals surface area contributed by atoms with Crippen molar-refractivity contribution in [2.24, 2.45) is 0 Å². The third-order valence-corrected chi connectivity index (χ3v) is 5.25. The van der Waals surface area contributed by atoms with Gasteiger partial charge in [0.05, 0.1) is 18.7 Å². The van der Waals surface area contributed by atoms with Gasteiger partial charge in [-0.25, -0.2) is 0 Å². The zero-order chi connectivity index (χ0) is 23.4. The summed E-state index contributed by atoms with van der Waals surface area (Å²) in [6, 6.07) is 16.3. The number of amides is 1. The van der Waals surface area contributed by atoms with Gasteiger partial charge in [-0.15, -0.1) is 0 Å². The van der Waals surface area contributed by atoms with Crippen molar-refractivity contribution in [1.29, 1.82) is 0 Å². The highest BCUT2D eigenvalue weighted by Gasteiger charge is 2.19. The molecule has 0 spiro atoms. The number of benzene rings is 2. The molecule has 0 saturated carbocycles. The number of fused-ring (bicyclic) bond motifs is 1. The molecule has 0 aliphatic heterocycles. The smallest absolute Gasteiger partial charge is 0.251 e. The second kappa shape index (κ2) is 9.34. The number of rotatable bonds is 8. The summed E-state index contributed by atoms with van der Waals surface area (Å²) < 4.78 is 13.2. The van der Waals surface area contributed by atoms with E-state index in [2.05, 4.69) is 5.32 Å². The SMILES string of the molecule is CC(C)(CO)NC(=O)c1ccc(COc2coc(Cn3cc4ccccc4c3)cc2=O)cc1. The molecule has 0 atom stereocenters. The third kappa shape index (κ3) is 5.51. The molecule has 0 saturated heterocycles. The monoisotopic (exact) mass is 446 g/mol. The Morgan fingerprint density at radius 3 is 2.36 bits per heavy atom. The molecule has 0 aliphatic carbocycles. The van der Waals surface area contributed by atoms with E-state index in [1.165, 1.54) is 12.3 Å². The lowest BCUT2D eigenvalue weighted by molar-refractivity contribution is 0.0869. The molecule has 7 heteroatoms. The Morgan fingerprint density at radius 1 is 1.09 bits per heavy atom. The average Bonchev–Trinajstić information content (AvgIpc) is 3.21. The van der Waals surface area contributed by atoms with Gasteiger partial charge in [-0.2, -0.15) is 0 Å². The van der Waals surface area contributed by atoms with Crippen molar-refractivity contribution in [1.82, 2.24) is 9.88 Å². The normalized spacial score (nSPS) is 11.5. The minimum absolute atomic E-state index is 0.128. The van der Waals surface area contributed by atoms with Crippen LogP contribution in [0, 0.1) is 0 Å². The zero-order valence-corrected chi connectivity index (χ0v) is 18.6. The predicted molar refractivity (Wildman–Crippen MR) is 125 cm³/mol. The number of ether oxygens (including phenoxy) is 1. The predicted octanol–water partition coefficient (Wildman–Crippen LogP) is 3.72. The molecule has 1 amide bonds. The largest absolute Gasteiger partial charge is 0.482 e. The van der Waals surface area contributed by atoms with Crippen molar-refractivity contribution in [2.45, 2.75) is 32.5 Å². The van der Waals surface area contributed by atoms with E-state index < -0.39 is 5.54 Å². The molecule has 0 fully saturated rings. The number of hydrogen-bond acceptors (Lipinski definition) is 5. The fourth-order valence-electron chi connectivity index (χ4n) is 3.37. The van der Waals surface area contributed by atoms with E-state index in [0.29, 0.717) is 17.9 Å². The van der Waals surface area contributed by atoms with Gasteiger partial charge >= 0.3 is 0 Å². The van der Waals surface area contributed by atoms with Gasteiger partial charge in [0, 0.05) is 24.0 Å². The van der Waals surface area contributed by atoms with Gasteiger partial charge in [0.1, 0.15) is 18.6 Å². The molecule has 2 heterocycles. The van der Waals surface area contributed by atoms with Crippen molar-refractivity contribution < 1.29 is 19.1 Å². The van der Waals surface area contributed by atoms with Gasteiger partial charge in [-0.1, -0.05) is 36.4 Å². The second-order valence-electron chi connectivity index (χ2n) is 8.62. The van der Waals surface area contributed by atoms with Crippen LogP contribution < -0.4 is 15.5 Å². The van der Waals surface area contributed by atoms with Gasteiger partial charge in [0.2, 0.25) is 11.2 Å². The van der Waals surface area contributed by atoms with Crippen LogP contribution in [0.3, 0.4) is 0 Å². The Bertz CT molecular complexity index is 1290. The number of carbonyl (C=O) groups is 1. The summed E-state index contributed by atoms with van der Waals surface area (Å²) >= 11 is 0. The van der Waals surface area contributed by atoms with E-state index >= 15 is 0 Å². The maximum Gasteiger partial charge on any atom is 0.251 e. The van der Waals surface area contributed by atoms with Crippen LogP contribution in [-0.2, 0) is 13.2 Å². The minimum Gasteiger partial charge on any atom is -0.482 e. The number of aromatic nitrogens is 1. The highest BCUT2D eigenvalue weighted by Crippen LogP contribution is 2.17. The molecule has 170 valence electrons. The second-order valence-corrected chi connectivity index (χ2v) is 8.62. The van der Waals surface area contributed by atoms with E-state index in [-0.39, 0.29) is 30.3 Å². The lowest BCUT2D eigenvalue weighted by Crippen LogP contribution is -2.46. The number of nitrogens with one attached hydrogen (secondary N) is 1. The number of nitrogens with zero attached hydrogens (tertiary/aromatic N) is 1. The van der Waals surface area contributed by atoms with Crippen LogP contribution in [0.15, 0.2) is 82.5 Å². The highest BCUT2D eigenvalue weighted by atomic mass is 16.5. The molecule has 2 aromatic carbocycles. The molecule has 33 heavy (non-hydrogen) atoms. The van der Waals surface area contributed by atoms with E-state index in [0.717, 1.165) is 16.3 Å². The average molecular weight is 447 g/mol. The van der Waals surface area contributed by atoms with E-state index in [9.17, 15) is 14.7 Å². The Morgan fingerprint density at radius 2 is 1.76 bits per heavy atom. The molecule has 0 unspecified atom stereocenters. The number of hydrogen-bond donors (Lipinski definition) is 2. The number of carbonyl (C=O) groups excluding carboxylic acids is 1. The first kappa shape index (κ1) is 22.4. The molecular formula is C26H26N2O5. The van der Waals surface area contributed by atoms with Crippen molar-refractivity contribution >= 4 is 16.7 Å². The maximum atomic E-state index is 12.5. The fraction of sp³-hybridized carbons (Fsp3) is 0.231. The van der Waals surface area contributed by atoms with Crippen LogP contribution in [0.2, 0.25) is 0 Å². The minimum atomic E-state index is -0.701. The number of aliphatic hydroxyl groups is 1. The molecule has 2 N–H and O–H groups in total. The van der Waals surface area contributed by atoms with Crippen LogP contribution >= 0.6 is 0 Å². The molecule has 0 aliphatic rings. The standard InChI is InChI=1S/C26H26N2O5/c1-26(2,17-29)27-25(31)19-9-7-18(8-10-19)15-33-24-16-32-22(11-23(24)30)14-28-12-20-5-3-4-6-21(20)13-28/h3-13,16,29H,14-15,17H2,1-2H3,(H,27,31). The molecular weight excluding hydrogens is 420 g/mol. The van der Waals surface area contributed by atoms with Gasteiger partial charge in [-0.3, -0.25) is 9.59 Å². The Balaban J connectivity index is 1.36. The van der Waals surface area contributed by atoms with Crippen LogP contribution in [0.1, 0.15) is 35.5 Å². The van der Waals surface area contributed by atoms with Crippen molar-refractivity contribution in [3.8, 4) is 5.75 Å². The fourth-order valence-corrected chi connectivity index (χ4v) is 3.37. The summed E-state index contributed by atoms with van der Waals surface area (Å²) in [6.45, 7) is 3.93. The first-order valence-corrected chi connectivity index (χ1v) is 10.6. The lowest BCUT2D eigenvalue weighted by atomic mass is 10.1. The molecule has 4 aromatic rings. The maximum absolute atomic E-state index is 12.5. The topological polar surface area (TPSA) is 93.7 Å².